The van der Waals surface area contributed by atoms with Crippen LogP contribution in [0.25, 0.3) is 33.4 Å². The van der Waals surface area contributed by atoms with E-state index in [1.165, 1.54) is 0 Å². The van der Waals surface area contributed by atoms with Gasteiger partial charge in [0.1, 0.15) is 17.9 Å². The Balaban J connectivity index is 2.22. The number of hydrogen-bond donors (Lipinski definition) is 1. The van der Waals surface area contributed by atoms with Gasteiger partial charge in [-0.3, -0.25) is 0 Å². The average molecular weight is 372 g/mol. The first kappa shape index (κ1) is 18.0. The predicted octanol–water partition coefficient (Wildman–Crippen LogP) is 6.14. The van der Waals surface area contributed by atoms with E-state index >= 15 is 0 Å². The third kappa shape index (κ3) is 3.12. The molecule has 0 saturated heterocycles. The van der Waals surface area contributed by atoms with Gasteiger partial charge in [0.15, 0.2) is 0 Å². The van der Waals surface area contributed by atoms with Crippen molar-refractivity contribution in [3.05, 3.63) is 102 Å². The molecule has 29 heavy (non-hydrogen) atoms. The van der Waals surface area contributed by atoms with Crippen molar-refractivity contribution in [2.45, 2.75) is 0 Å². The maximum atomic E-state index is 11.3. The highest BCUT2D eigenvalue weighted by Gasteiger charge is 2.26. The first-order valence-electron chi connectivity index (χ1n) is 9.15. The molecule has 0 amide bonds. The number of benzene rings is 4. The van der Waals surface area contributed by atoms with Gasteiger partial charge >= 0.3 is 0 Å². The minimum atomic E-state index is -0.0600. The molecule has 136 valence electrons. The van der Waals surface area contributed by atoms with Gasteiger partial charge in [-0.2, -0.15) is 10.5 Å². The van der Waals surface area contributed by atoms with Gasteiger partial charge in [0.05, 0.1) is 11.1 Å². The number of hydrogen-bond acceptors (Lipinski definition) is 3. The van der Waals surface area contributed by atoms with Crippen LogP contribution in [-0.2, 0) is 0 Å². The predicted molar refractivity (Wildman–Crippen MR) is 114 cm³/mol. The van der Waals surface area contributed by atoms with E-state index in [4.69, 9.17) is 0 Å². The number of phenols is 1. The molecule has 0 aliphatic rings. The highest BCUT2D eigenvalue weighted by Crippen LogP contribution is 2.47. The summed E-state index contributed by atoms with van der Waals surface area (Å²) >= 11 is 0. The summed E-state index contributed by atoms with van der Waals surface area (Å²) in [6.45, 7) is 0. The third-order valence-electron chi connectivity index (χ3n) is 4.88. The summed E-state index contributed by atoms with van der Waals surface area (Å²) in [6, 6.07) is 32.5. The number of aromatic hydroxyl groups is 1. The van der Waals surface area contributed by atoms with E-state index in [1.807, 2.05) is 91.0 Å². The van der Waals surface area contributed by atoms with Gasteiger partial charge in [-0.25, -0.2) is 0 Å². The van der Waals surface area contributed by atoms with Crippen LogP contribution in [0.1, 0.15) is 11.1 Å². The topological polar surface area (TPSA) is 67.8 Å². The van der Waals surface area contributed by atoms with Crippen LogP contribution < -0.4 is 0 Å². The van der Waals surface area contributed by atoms with Crippen LogP contribution >= 0.6 is 0 Å². The first-order chi connectivity index (χ1) is 14.3. The Labute approximate surface area is 169 Å². The molecule has 3 nitrogen and oxygen atoms in total. The molecule has 0 radical (unpaired) electrons. The van der Waals surface area contributed by atoms with Crippen LogP contribution in [0.15, 0.2) is 91.0 Å². The SMILES string of the molecule is N#Cc1c(-c2ccccc2)c(O)c(-c2ccccc2)c(C#N)c1-c1ccccc1. The Bertz CT molecular complexity index is 1170. The van der Waals surface area contributed by atoms with Crippen molar-refractivity contribution in [1.82, 2.24) is 0 Å². The van der Waals surface area contributed by atoms with Gasteiger partial charge in [0, 0.05) is 16.7 Å². The maximum absolute atomic E-state index is 11.3. The van der Waals surface area contributed by atoms with Gasteiger partial charge in [0.2, 0.25) is 0 Å². The fraction of sp³-hybridized carbons (Fsp3) is 0. The van der Waals surface area contributed by atoms with Crippen molar-refractivity contribution >= 4 is 0 Å². The lowest BCUT2D eigenvalue weighted by atomic mass is 9.83. The smallest absolute Gasteiger partial charge is 0.133 e. The molecule has 0 bridgehead atoms. The van der Waals surface area contributed by atoms with Gasteiger partial charge in [-0.1, -0.05) is 91.0 Å². The van der Waals surface area contributed by atoms with Crippen LogP contribution in [0, 0.1) is 22.7 Å². The summed E-state index contributed by atoms with van der Waals surface area (Å²) in [5.41, 5.74) is 4.18. The summed E-state index contributed by atoms with van der Waals surface area (Å²) < 4.78 is 0. The molecule has 0 heterocycles. The highest BCUT2D eigenvalue weighted by molar-refractivity contribution is 5.97. The van der Waals surface area contributed by atoms with E-state index < -0.39 is 0 Å². The quantitative estimate of drug-likeness (QED) is 0.470. The Morgan fingerprint density at radius 1 is 0.483 bits per heavy atom. The van der Waals surface area contributed by atoms with Crippen LogP contribution in [0.5, 0.6) is 5.75 Å². The number of nitriles is 2. The van der Waals surface area contributed by atoms with Gasteiger partial charge < -0.3 is 5.11 Å². The molecular formula is C26H16N2O. The largest absolute Gasteiger partial charge is 0.507 e. The number of phenolic OH excluding ortho intramolecular Hbond substituents is 1. The van der Waals surface area contributed by atoms with Gasteiger partial charge in [0.25, 0.3) is 0 Å². The van der Waals surface area contributed by atoms with Crippen molar-refractivity contribution in [3.63, 3.8) is 0 Å². The van der Waals surface area contributed by atoms with Crippen LogP contribution in [0.4, 0.5) is 0 Å². The first-order valence-corrected chi connectivity index (χ1v) is 9.15. The van der Waals surface area contributed by atoms with E-state index in [2.05, 4.69) is 12.1 Å². The maximum Gasteiger partial charge on any atom is 0.133 e. The Kier molecular flexibility index (Phi) is 4.81. The monoisotopic (exact) mass is 372 g/mol. The zero-order chi connectivity index (χ0) is 20.2. The van der Waals surface area contributed by atoms with Crippen molar-refractivity contribution < 1.29 is 5.11 Å². The Hall–Kier alpha value is -4.34. The zero-order valence-corrected chi connectivity index (χ0v) is 15.5. The highest BCUT2D eigenvalue weighted by atomic mass is 16.3. The lowest BCUT2D eigenvalue weighted by Gasteiger charge is -2.19. The molecule has 0 atom stereocenters. The zero-order valence-electron chi connectivity index (χ0n) is 15.5. The molecule has 0 unspecified atom stereocenters. The molecule has 0 aromatic heterocycles. The van der Waals surface area contributed by atoms with E-state index in [0.29, 0.717) is 16.7 Å². The molecule has 0 aliphatic heterocycles. The van der Waals surface area contributed by atoms with E-state index in [1.54, 1.807) is 0 Å². The number of rotatable bonds is 3. The second kappa shape index (κ2) is 7.72. The van der Waals surface area contributed by atoms with Crippen molar-refractivity contribution in [2.24, 2.45) is 0 Å². The molecule has 3 heteroatoms. The van der Waals surface area contributed by atoms with Crippen molar-refractivity contribution in [2.75, 3.05) is 0 Å². The van der Waals surface area contributed by atoms with E-state index in [9.17, 15) is 15.6 Å². The summed E-state index contributed by atoms with van der Waals surface area (Å²) in [6.07, 6.45) is 0. The fourth-order valence-electron chi connectivity index (χ4n) is 3.63. The molecule has 4 rings (SSSR count). The molecule has 0 saturated carbocycles. The summed E-state index contributed by atoms with van der Waals surface area (Å²) in [5.74, 6) is -0.0600. The third-order valence-corrected chi connectivity index (χ3v) is 4.88. The summed E-state index contributed by atoms with van der Waals surface area (Å²) in [7, 11) is 0. The minimum Gasteiger partial charge on any atom is -0.507 e. The molecule has 1 N–H and O–H groups in total. The number of nitrogens with zero attached hydrogens (tertiary/aromatic N) is 2. The lowest BCUT2D eigenvalue weighted by molar-refractivity contribution is 0.479. The minimum absolute atomic E-state index is 0.0600. The molecule has 0 aliphatic carbocycles. The normalized spacial score (nSPS) is 10.1. The van der Waals surface area contributed by atoms with Crippen LogP contribution in [0.3, 0.4) is 0 Å². The molecule has 0 fully saturated rings. The van der Waals surface area contributed by atoms with Crippen molar-refractivity contribution in [3.8, 4) is 51.3 Å². The van der Waals surface area contributed by atoms with Gasteiger partial charge in [-0.05, 0) is 16.7 Å². The van der Waals surface area contributed by atoms with E-state index in [0.717, 1.165) is 16.7 Å². The van der Waals surface area contributed by atoms with Crippen LogP contribution in [0.2, 0.25) is 0 Å². The second-order valence-corrected chi connectivity index (χ2v) is 6.55. The summed E-state index contributed by atoms with van der Waals surface area (Å²) in [5, 5.41) is 31.4. The Morgan fingerprint density at radius 3 is 1.10 bits per heavy atom. The van der Waals surface area contributed by atoms with Crippen LogP contribution in [-0.4, -0.2) is 5.11 Å². The fourth-order valence-corrected chi connectivity index (χ4v) is 3.63. The second-order valence-electron chi connectivity index (χ2n) is 6.55. The standard InChI is InChI=1S/C26H16N2O/c27-16-21-23(18-10-4-1-5-11-18)22(17-28)25(20-14-8-3-9-15-20)26(29)24(21)19-12-6-2-7-13-19/h1-15,29H. The van der Waals surface area contributed by atoms with Gasteiger partial charge in [-0.15, -0.1) is 0 Å². The molecule has 4 aromatic rings. The lowest BCUT2D eigenvalue weighted by Crippen LogP contribution is -1.99. The van der Waals surface area contributed by atoms with E-state index in [-0.39, 0.29) is 16.9 Å². The molecular weight excluding hydrogens is 356 g/mol. The Morgan fingerprint density at radius 2 is 0.793 bits per heavy atom. The molecule has 4 aromatic carbocycles. The molecule has 0 spiro atoms. The summed E-state index contributed by atoms with van der Waals surface area (Å²) in [4.78, 5) is 0. The van der Waals surface area contributed by atoms with Crippen molar-refractivity contribution in [1.29, 1.82) is 10.5 Å². The average Bonchev–Trinajstić information content (AvgIpc) is 2.79.